The summed E-state index contributed by atoms with van der Waals surface area (Å²) in [5, 5.41) is 2.80. The fourth-order valence-electron chi connectivity index (χ4n) is 3.08. The fraction of sp³-hybridized carbons (Fsp3) is 0.286. The van der Waals surface area contributed by atoms with Gasteiger partial charge in [0.2, 0.25) is 6.41 Å². The topological polar surface area (TPSA) is 88.2 Å². The van der Waals surface area contributed by atoms with Crippen LogP contribution in [0.4, 0.5) is 5.69 Å². The summed E-state index contributed by atoms with van der Waals surface area (Å²) in [7, 11) is 3.06. The summed E-state index contributed by atoms with van der Waals surface area (Å²) in [6.07, 6.45) is 0.798. The molecule has 0 atom stereocenters. The maximum Gasteiger partial charge on any atom is 0.255 e. The molecular formula is C21H23N3O5. The highest BCUT2D eigenvalue weighted by Gasteiger charge is 2.21. The molecule has 152 valence electrons. The first kappa shape index (κ1) is 20.2. The number of carbonyl (C=O) groups is 3. The van der Waals surface area contributed by atoms with Crippen LogP contribution in [0.5, 0.6) is 11.5 Å². The summed E-state index contributed by atoms with van der Waals surface area (Å²) < 4.78 is 10.5. The Morgan fingerprint density at radius 2 is 1.59 bits per heavy atom. The number of piperazine rings is 1. The van der Waals surface area contributed by atoms with Crippen molar-refractivity contribution in [2.75, 3.05) is 45.7 Å². The molecule has 8 heteroatoms. The Kier molecular flexibility index (Phi) is 6.33. The summed E-state index contributed by atoms with van der Waals surface area (Å²) in [6, 6.07) is 11.6. The largest absolute Gasteiger partial charge is 0.497 e. The van der Waals surface area contributed by atoms with E-state index in [1.807, 2.05) is 0 Å². The van der Waals surface area contributed by atoms with Gasteiger partial charge in [0.05, 0.1) is 19.9 Å². The molecule has 2 aromatic carbocycles. The molecule has 0 saturated carbocycles. The number of rotatable bonds is 6. The smallest absolute Gasteiger partial charge is 0.255 e. The number of carbonyl (C=O) groups excluding carboxylic acids is 3. The molecule has 1 N–H and O–H groups in total. The van der Waals surface area contributed by atoms with Crippen molar-refractivity contribution in [2.24, 2.45) is 0 Å². The summed E-state index contributed by atoms with van der Waals surface area (Å²) in [5.74, 6) is 0.671. The average molecular weight is 397 g/mol. The lowest BCUT2D eigenvalue weighted by atomic mass is 10.1. The van der Waals surface area contributed by atoms with Gasteiger partial charge in [0, 0.05) is 43.4 Å². The molecule has 1 heterocycles. The lowest BCUT2D eigenvalue weighted by Crippen LogP contribution is -2.48. The number of nitrogens with one attached hydrogen (secondary N) is 1. The predicted molar refractivity (Wildman–Crippen MR) is 107 cm³/mol. The number of ether oxygens (including phenoxy) is 2. The van der Waals surface area contributed by atoms with E-state index in [1.165, 1.54) is 7.11 Å². The Morgan fingerprint density at radius 1 is 0.931 bits per heavy atom. The van der Waals surface area contributed by atoms with Crippen LogP contribution in [-0.4, -0.2) is 68.4 Å². The van der Waals surface area contributed by atoms with Crippen LogP contribution in [0.1, 0.15) is 20.7 Å². The molecule has 2 aromatic rings. The average Bonchev–Trinajstić information content (AvgIpc) is 2.78. The van der Waals surface area contributed by atoms with Crippen LogP contribution in [0.2, 0.25) is 0 Å². The van der Waals surface area contributed by atoms with E-state index in [2.05, 4.69) is 5.32 Å². The van der Waals surface area contributed by atoms with E-state index in [1.54, 1.807) is 59.4 Å². The van der Waals surface area contributed by atoms with Gasteiger partial charge in [-0.3, -0.25) is 14.4 Å². The van der Waals surface area contributed by atoms with Gasteiger partial charge in [-0.1, -0.05) is 0 Å². The molecule has 0 bridgehead atoms. The van der Waals surface area contributed by atoms with Crippen LogP contribution >= 0.6 is 0 Å². The Hall–Kier alpha value is -3.55. The molecule has 0 spiro atoms. The Bertz CT molecular complexity index is 890. The second-order valence-electron chi connectivity index (χ2n) is 6.53. The first-order valence-electron chi connectivity index (χ1n) is 9.17. The highest BCUT2D eigenvalue weighted by atomic mass is 16.5. The minimum Gasteiger partial charge on any atom is -0.497 e. The SMILES string of the molecule is COc1ccc(OC)c(NC(=O)c2ccc(C(=O)N3CCN(C=O)CC3)cc2)c1. The van der Waals surface area contributed by atoms with Crippen LogP contribution in [-0.2, 0) is 4.79 Å². The van der Waals surface area contributed by atoms with Gasteiger partial charge in [-0.25, -0.2) is 0 Å². The third-order valence-corrected chi connectivity index (χ3v) is 4.80. The van der Waals surface area contributed by atoms with Crippen molar-refractivity contribution in [2.45, 2.75) is 0 Å². The van der Waals surface area contributed by atoms with E-state index < -0.39 is 0 Å². The lowest BCUT2D eigenvalue weighted by molar-refractivity contribution is -0.119. The molecule has 0 aliphatic carbocycles. The van der Waals surface area contributed by atoms with E-state index in [9.17, 15) is 14.4 Å². The molecule has 0 aromatic heterocycles. The molecule has 1 fully saturated rings. The molecule has 8 nitrogen and oxygen atoms in total. The van der Waals surface area contributed by atoms with Gasteiger partial charge >= 0.3 is 0 Å². The summed E-state index contributed by atoms with van der Waals surface area (Å²) in [4.78, 5) is 39.3. The third kappa shape index (κ3) is 4.66. The summed E-state index contributed by atoms with van der Waals surface area (Å²) in [6.45, 7) is 2.04. The molecule has 29 heavy (non-hydrogen) atoms. The van der Waals surface area contributed by atoms with Crippen LogP contribution < -0.4 is 14.8 Å². The highest BCUT2D eigenvalue weighted by molar-refractivity contribution is 6.05. The number of methoxy groups -OCH3 is 2. The van der Waals surface area contributed by atoms with E-state index in [-0.39, 0.29) is 11.8 Å². The van der Waals surface area contributed by atoms with E-state index in [0.29, 0.717) is 54.5 Å². The normalized spacial score (nSPS) is 13.6. The van der Waals surface area contributed by atoms with Crippen molar-refractivity contribution in [1.29, 1.82) is 0 Å². The number of anilines is 1. The Labute approximate surface area is 169 Å². The van der Waals surface area contributed by atoms with Crippen molar-refractivity contribution < 1.29 is 23.9 Å². The number of benzene rings is 2. The second-order valence-corrected chi connectivity index (χ2v) is 6.53. The summed E-state index contributed by atoms with van der Waals surface area (Å²) >= 11 is 0. The van der Waals surface area contributed by atoms with E-state index in [0.717, 1.165) is 6.41 Å². The maximum atomic E-state index is 12.6. The van der Waals surface area contributed by atoms with Gasteiger partial charge in [-0.15, -0.1) is 0 Å². The van der Waals surface area contributed by atoms with Gasteiger partial charge in [0.1, 0.15) is 11.5 Å². The predicted octanol–water partition coefficient (Wildman–Crippen LogP) is 1.87. The van der Waals surface area contributed by atoms with E-state index in [4.69, 9.17) is 9.47 Å². The molecule has 1 aliphatic heterocycles. The molecular weight excluding hydrogens is 374 g/mol. The minimum atomic E-state index is -0.324. The third-order valence-electron chi connectivity index (χ3n) is 4.80. The first-order chi connectivity index (χ1) is 14.0. The van der Waals surface area contributed by atoms with Gasteiger partial charge in [0.15, 0.2) is 0 Å². The molecule has 3 rings (SSSR count). The minimum absolute atomic E-state index is 0.114. The molecule has 1 aliphatic rings. The van der Waals surface area contributed by atoms with Crippen LogP contribution in [0, 0.1) is 0 Å². The number of hydrogen-bond acceptors (Lipinski definition) is 5. The van der Waals surface area contributed by atoms with Gasteiger partial charge in [0.25, 0.3) is 11.8 Å². The maximum absolute atomic E-state index is 12.6. The van der Waals surface area contributed by atoms with Crippen molar-refractivity contribution in [3.63, 3.8) is 0 Å². The van der Waals surface area contributed by atoms with Crippen molar-refractivity contribution in [1.82, 2.24) is 9.80 Å². The second kappa shape index (κ2) is 9.09. The molecule has 0 radical (unpaired) electrons. The standard InChI is InChI=1S/C21H23N3O5/c1-28-17-7-8-19(29-2)18(13-17)22-20(26)15-3-5-16(6-4-15)21(27)24-11-9-23(14-25)10-12-24/h3-8,13-14H,9-12H2,1-2H3,(H,22,26). The van der Waals surface area contributed by atoms with Gasteiger partial charge in [-0.05, 0) is 36.4 Å². The van der Waals surface area contributed by atoms with Crippen LogP contribution in [0.3, 0.4) is 0 Å². The fourth-order valence-corrected chi connectivity index (χ4v) is 3.08. The highest BCUT2D eigenvalue weighted by Crippen LogP contribution is 2.29. The van der Waals surface area contributed by atoms with E-state index >= 15 is 0 Å². The van der Waals surface area contributed by atoms with Crippen molar-refractivity contribution in [3.8, 4) is 11.5 Å². The Morgan fingerprint density at radius 3 is 2.17 bits per heavy atom. The number of nitrogens with zero attached hydrogens (tertiary/aromatic N) is 2. The van der Waals surface area contributed by atoms with Crippen molar-refractivity contribution >= 4 is 23.9 Å². The number of hydrogen-bond donors (Lipinski definition) is 1. The first-order valence-corrected chi connectivity index (χ1v) is 9.17. The zero-order chi connectivity index (χ0) is 20.8. The zero-order valence-electron chi connectivity index (χ0n) is 16.4. The lowest BCUT2D eigenvalue weighted by Gasteiger charge is -2.32. The van der Waals surface area contributed by atoms with Gasteiger partial charge < -0.3 is 24.6 Å². The van der Waals surface area contributed by atoms with Crippen molar-refractivity contribution in [3.05, 3.63) is 53.6 Å². The van der Waals surface area contributed by atoms with Crippen LogP contribution in [0.15, 0.2) is 42.5 Å². The summed E-state index contributed by atoms with van der Waals surface area (Å²) in [5.41, 5.74) is 1.40. The monoisotopic (exact) mass is 397 g/mol. The molecule has 0 unspecified atom stereocenters. The number of amides is 3. The molecule has 3 amide bonds. The molecule has 1 saturated heterocycles. The van der Waals surface area contributed by atoms with Gasteiger partial charge in [-0.2, -0.15) is 0 Å². The Balaban J connectivity index is 1.68. The zero-order valence-corrected chi connectivity index (χ0v) is 16.4. The van der Waals surface area contributed by atoms with Crippen LogP contribution in [0.25, 0.3) is 0 Å². The quantitative estimate of drug-likeness (QED) is 0.752.